The summed E-state index contributed by atoms with van der Waals surface area (Å²) in [5, 5.41) is 10.1. The number of hydrogen-bond donors (Lipinski definition) is 1. The van der Waals surface area contributed by atoms with Gasteiger partial charge in [-0.25, -0.2) is 0 Å². The molecule has 0 heterocycles. The number of phenols is 1. The highest BCUT2D eigenvalue weighted by Crippen LogP contribution is 2.34. The highest BCUT2D eigenvalue weighted by molar-refractivity contribution is 6.31. The molecule has 0 radical (unpaired) electrons. The van der Waals surface area contributed by atoms with Crippen molar-refractivity contribution in [2.24, 2.45) is 0 Å². The summed E-state index contributed by atoms with van der Waals surface area (Å²) in [6.45, 7) is 2.43. The van der Waals surface area contributed by atoms with E-state index in [-0.39, 0.29) is 11.3 Å². The second-order valence-electron chi connectivity index (χ2n) is 3.96. The van der Waals surface area contributed by atoms with Crippen molar-refractivity contribution < 1.29 is 14.6 Å². The van der Waals surface area contributed by atoms with Gasteiger partial charge in [-0.3, -0.25) is 4.79 Å². The smallest absolute Gasteiger partial charge is 0.153 e. The normalized spacial score (nSPS) is 10.2. The first kappa shape index (κ1) is 13.4. The first-order chi connectivity index (χ1) is 9.15. The van der Waals surface area contributed by atoms with E-state index < -0.39 is 0 Å². The molecule has 98 valence electrons. The fraction of sp³-hybridized carbons (Fsp3) is 0.133. The molecule has 0 saturated carbocycles. The van der Waals surface area contributed by atoms with E-state index in [1.165, 1.54) is 6.07 Å². The molecule has 2 aromatic rings. The summed E-state index contributed by atoms with van der Waals surface area (Å²) in [7, 11) is 0. The summed E-state index contributed by atoms with van der Waals surface area (Å²) in [4.78, 5) is 10.9. The van der Waals surface area contributed by atoms with Gasteiger partial charge in [0.15, 0.2) is 6.29 Å². The number of halogens is 1. The Morgan fingerprint density at radius 3 is 2.74 bits per heavy atom. The van der Waals surface area contributed by atoms with E-state index in [0.29, 0.717) is 23.7 Å². The molecule has 0 fully saturated rings. The first-order valence-electron chi connectivity index (χ1n) is 5.86. The van der Waals surface area contributed by atoms with Crippen molar-refractivity contribution in [1.29, 1.82) is 0 Å². The number of ether oxygens (including phenoxy) is 1. The van der Waals surface area contributed by atoms with Gasteiger partial charge in [0.2, 0.25) is 0 Å². The second-order valence-corrected chi connectivity index (χ2v) is 4.40. The molecule has 0 unspecified atom stereocenters. The highest BCUT2D eigenvalue weighted by atomic mass is 35.5. The lowest BCUT2D eigenvalue weighted by Gasteiger charge is -2.11. The molecular formula is C15H13ClO3. The zero-order chi connectivity index (χ0) is 13.8. The van der Waals surface area contributed by atoms with E-state index in [9.17, 15) is 9.90 Å². The van der Waals surface area contributed by atoms with Crippen LogP contribution in [0.3, 0.4) is 0 Å². The van der Waals surface area contributed by atoms with Gasteiger partial charge in [-0.05, 0) is 42.8 Å². The summed E-state index contributed by atoms with van der Waals surface area (Å²) in [5.41, 5.74) is 1.79. The lowest BCUT2D eigenvalue weighted by atomic mass is 10.0. The van der Waals surface area contributed by atoms with Gasteiger partial charge in [0, 0.05) is 10.6 Å². The van der Waals surface area contributed by atoms with Crippen LogP contribution in [0.15, 0.2) is 36.4 Å². The van der Waals surface area contributed by atoms with Crippen LogP contribution in [-0.2, 0) is 0 Å². The van der Waals surface area contributed by atoms with Crippen molar-refractivity contribution >= 4 is 17.9 Å². The van der Waals surface area contributed by atoms with Crippen molar-refractivity contribution in [2.45, 2.75) is 6.92 Å². The Labute approximate surface area is 116 Å². The molecule has 0 aliphatic rings. The zero-order valence-electron chi connectivity index (χ0n) is 10.4. The Kier molecular flexibility index (Phi) is 4.07. The average Bonchev–Trinajstić information content (AvgIpc) is 2.42. The molecule has 2 rings (SSSR count). The minimum Gasteiger partial charge on any atom is -0.507 e. The number of hydrogen-bond acceptors (Lipinski definition) is 3. The zero-order valence-corrected chi connectivity index (χ0v) is 11.1. The third kappa shape index (κ3) is 2.88. The molecule has 0 bridgehead atoms. The molecule has 0 aromatic heterocycles. The quantitative estimate of drug-likeness (QED) is 0.861. The molecule has 0 atom stereocenters. The third-order valence-electron chi connectivity index (χ3n) is 2.71. The van der Waals surface area contributed by atoms with Gasteiger partial charge in [0.25, 0.3) is 0 Å². The molecule has 4 heteroatoms. The maximum Gasteiger partial charge on any atom is 0.153 e. The number of rotatable bonds is 4. The van der Waals surface area contributed by atoms with Crippen LogP contribution in [-0.4, -0.2) is 18.0 Å². The lowest BCUT2D eigenvalue weighted by Crippen LogP contribution is -1.94. The monoisotopic (exact) mass is 276 g/mol. The Hall–Kier alpha value is -2.00. The van der Waals surface area contributed by atoms with Crippen molar-refractivity contribution in [3.8, 4) is 22.6 Å². The van der Waals surface area contributed by atoms with Gasteiger partial charge in [0.05, 0.1) is 12.2 Å². The lowest BCUT2D eigenvalue weighted by molar-refractivity contribution is 0.112. The minimum absolute atomic E-state index is 0.0428. The Balaban J connectivity index is 2.56. The van der Waals surface area contributed by atoms with Crippen molar-refractivity contribution in [1.82, 2.24) is 0 Å². The molecule has 1 N–H and O–H groups in total. The van der Waals surface area contributed by atoms with Crippen LogP contribution in [0.25, 0.3) is 11.1 Å². The predicted octanol–water partition coefficient (Wildman–Crippen LogP) is 3.92. The number of phenolic OH excluding ortho intramolecular Hbond substituents is 1. The average molecular weight is 277 g/mol. The molecule has 3 nitrogen and oxygen atoms in total. The largest absolute Gasteiger partial charge is 0.507 e. The fourth-order valence-corrected chi connectivity index (χ4v) is 2.00. The molecule has 0 aliphatic heterocycles. The second kappa shape index (κ2) is 5.76. The van der Waals surface area contributed by atoms with E-state index in [4.69, 9.17) is 16.3 Å². The van der Waals surface area contributed by atoms with Crippen LogP contribution < -0.4 is 4.74 Å². The maximum absolute atomic E-state index is 10.9. The molecule has 0 aliphatic carbocycles. The first-order valence-corrected chi connectivity index (χ1v) is 6.24. The number of aromatic hydroxyl groups is 1. The standard InChI is InChI=1S/C15H13ClO3/c1-2-19-15-6-4-12(16)8-13(15)10-3-5-14(18)11(7-10)9-17/h3-9,18H,2H2,1H3. The summed E-state index contributed by atoms with van der Waals surface area (Å²) in [6.07, 6.45) is 0.615. The predicted molar refractivity (Wildman–Crippen MR) is 75.1 cm³/mol. The van der Waals surface area contributed by atoms with Crippen LogP contribution in [0.1, 0.15) is 17.3 Å². The summed E-state index contributed by atoms with van der Waals surface area (Å²) < 4.78 is 5.54. The fourth-order valence-electron chi connectivity index (χ4n) is 1.83. The van der Waals surface area contributed by atoms with Crippen molar-refractivity contribution in [3.63, 3.8) is 0 Å². The number of carbonyl (C=O) groups is 1. The molecule has 19 heavy (non-hydrogen) atoms. The number of aldehydes is 1. The molecule has 0 amide bonds. The molecular weight excluding hydrogens is 264 g/mol. The summed E-state index contributed by atoms with van der Waals surface area (Å²) >= 11 is 6.00. The topological polar surface area (TPSA) is 46.5 Å². The number of carbonyl (C=O) groups excluding carboxylic acids is 1. The van der Waals surface area contributed by atoms with E-state index >= 15 is 0 Å². The highest BCUT2D eigenvalue weighted by Gasteiger charge is 2.09. The van der Waals surface area contributed by atoms with E-state index in [1.807, 2.05) is 6.92 Å². The number of benzene rings is 2. The van der Waals surface area contributed by atoms with E-state index in [0.717, 1.165) is 11.1 Å². The van der Waals surface area contributed by atoms with Gasteiger partial charge in [-0.2, -0.15) is 0 Å². The third-order valence-corrected chi connectivity index (χ3v) is 2.94. The Bertz CT molecular complexity index is 608. The van der Waals surface area contributed by atoms with E-state index in [2.05, 4.69) is 0 Å². The van der Waals surface area contributed by atoms with Crippen molar-refractivity contribution in [3.05, 3.63) is 47.0 Å². The molecule has 0 spiro atoms. The van der Waals surface area contributed by atoms with Gasteiger partial charge in [-0.1, -0.05) is 17.7 Å². The molecule has 2 aromatic carbocycles. The van der Waals surface area contributed by atoms with Crippen LogP contribution in [0.5, 0.6) is 11.5 Å². The maximum atomic E-state index is 10.9. The SMILES string of the molecule is CCOc1ccc(Cl)cc1-c1ccc(O)c(C=O)c1. The Morgan fingerprint density at radius 1 is 1.26 bits per heavy atom. The summed E-state index contributed by atoms with van der Waals surface area (Å²) in [5.74, 6) is 0.646. The van der Waals surface area contributed by atoms with Gasteiger partial charge in [-0.15, -0.1) is 0 Å². The Morgan fingerprint density at radius 2 is 2.05 bits per heavy atom. The van der Waals surface area contributed by atoms with Crippen LogP contribution in [0.2, 0.25) is 5.02 Å². The summed E-state index contributed by atoms with van der Waals surface area (Å²) in [6, 6.07) is 10.1. The van der Waals surface area contributed by atoms with Gasteiger partial charge >= 0.3 is 0 Å². The van der Waals surface area contributed by atoms with Crippen LogP contribution in [0, 0.1) is 0 Å². The van der Waals surface area contributed by atoms with Crippen LogP contribution in [0.4, 0.5) is 0 Å². The minimum atomic E-state index is -0.0428. The molecule has 0 saturated heterocycles. The van der Waals surface area contributed by atoms with Crippen LogP contribution >= 0.6 is 11.6 Å². The van der Waals surface area contributed by atoms with E-state index in [1.54, 1.807) is 30.3 Å². The van der Waals surface area contributed by atoms with Crippen molar-refractivity contribution in [2.75, 3.05) is 6.61 Å². The van der Waals surface area contributed by atoms with Gasteiger partial charge < -0.3 is 9.84 Å². The van der Waals surface area contributed by atoms with Gasteiger partial charge in [0.1, 0.15) is 11.5 Å².